The highest BCUT2D eigenvalue weighted by atomic mass is 16.6. The van der Waals surface area contributed by atoms with E-state index < -0.39 is 22.0 Å². The van der Waals surface area contributed by atoms with Crippen LogP contribution < -0.4 is 0 Å². The van der Waals surface area contributed by atoms with Gasteiger partial charge in [-0.25, -0.2) is 0 Å². The van der Waals surface area contributed by atoms with Crippen molar-refractivity contribution in [1.82, 2.24) is 0 Å². The summed E-state index contributed by atoms with van der Waals surface area (Å²) in [6, 6.07) is 0. The molecule has 1 saturated carbocycles. The summed E-state index contributed by atoms with van der Waals surface area (Å²) in [5.74, 6) is -0.325. The van der Waals surface area contributed by atoms with Crippen LogP contribution in [0.3, 0.4) is 0 Å². The summed E-state index contributed by atoms with van der Waals surface area (Å²) >= 11 is 0. The standard InChI is InChI=1S/C24H28O6/c1-5-7-27-11-16-10-21(4)18(24(14-30-24)19(16)25)17-15(3)9-22(21,12-28-8-6-2)20(26)23(17)13-29-23/h5-6,9-10,17-18H,1-2,7-8,11-14H2,3-4H3/t17-,18+,21+,22+,23+,24?/m1/s1. The Bertz CT molecular complexity index is 905. The van der Waals surface area contributed by atoms with Gasteiger partial charge < -0.3 is 18.9 Å². The molecule has 3 fully saturated rings. The van der Waals surface area contributed by atoms with Gasteiger partial charge in [0.25, 0.3) is 0 Å². The molecule has 2 spiro atoms. The van der Waals surface area contributed by atoms with Gasteiger partial charge in [0.05, 0.1) is 45.1 Å². The van der Waals surface area contributed by atoms with Gasteiger partial charge >= 0.3 is 0 Å². The molecule has 2 heterocycles. The summed E-state index contributed by atoms with van der Waals surface area (Å²) in [5, 5.41) is 0. The van der Waals surface area contributed by atoms with Crippen molar-refractivity contribution in [2.45, 2.75) is 25.0 Å². The van der Waals surface area contributed by atoms with Crippen LogP contribution in [0.4, 0.5) is 0 Å². The van der Waals surface area contributed by atoms with Gasteiger partial charge in [-0.15, -0.1) is 13.2 Å². The lowest BCUT2D eigenvalue weighted by Crippen LogP contribution is -2.72. The second kappa shape index (κ2) is 6.33. The molecule has 6 rings (SSSR count). The molecule has 0 radical (unpaired) electrons. The van der Waals surface area contributed by atoms with Crippen LogP contribution in [-0.2, 0) is 28.5 Å². The lowest BCUT2D eigenvalue weighted by Gasteiger charge is -2.63. The van der Waals surface area contributed by atoms with E-state index in [0.29, 0.717) is 32.0 Å². The Morgan fingerprint density at radius 3 is 2.33 bits per heavy atom. The highest BCUT2D eigenvalue weighted by Gasteiger charge is 2.83. The second-order valence-corrected chi connectivity index (χ2v) is 9.39. The number of carbonyl (C=O) groups excluding carboxylic acids is 2. The topological polar surface area (TPSA) is 77.7 Å². The van der Waals surface area contributed by atoms with Crippen molar-refractivity contribution in [3.05, 3.63) is 48.6 Å². The zero-order chi connectivity index (χ0) is 21.4. The smallest absolute Gasteiger partial charge is 0.195 e. The minimum Gasteiger partial charge on any atom is -0.376 e. The summed E-state index contributed by atoms with van der Waals surface area (Å²) < 4.78 is 23.3. The van der Waals surface area contributed by atoms with E-state index in [1.165, 1.54) is 0 Å². The maximum Gasteiger partial charge on any atom is 0.195 e. The van der Waals surface area contributed by atoms with Crippen LogP contribution in [0.1, 0.15) is 13.8 Å². The molecule has 6 atom stereocenters. The predicted octanol–water partition coefficient (Wildman–Crippen LogP) is 2.21. The van der Waals surface area contributed by atoms with E-state index in [1.54, 1.807) is 12.2 Å². The fourth-order valence-corrected chi connectivity index (χ4v) is 6.50. The average Bonchev–Trinajstić information content (AvgIpc) is 3.62. The fraction of sp³-hybridized carbons (Fsp3) is 0.583. The Morgan fingerprint density at radius 2 is 1.73 bits per heavy atom. The fourth-order valence-electron chi connectivity index (χ4n) is 6.50. The monoisotopic (exact) mass is 412 g/mol. The number of epoxide rings is 2. The third kappa shape index (κ3) is 2.23. The van der Waals surface area contributed by atoms with Gasteiger partial charge in [-0.1, -0.05) is 36.8 Å². The van der Waals surface area contributed by atoms with Crippen molar-refractivity contribution >= 4 is 11.6 Å². The molecular weight excluding hydrogens is 384 g/mol. The Morgan fingerprint density at radius 1 is 1.10 bits per heavy atom. The summed E-state index contributed by atoms with van der Waals surface area (Å²) in [5.41, 5.74) is -1.71. The number of Topliss-reactive ketones (excluding diaryl/α,β-unsaturated/α-hetero) is 2. The molecule has 0 amide bonds. The first-order valence-electron chi connectivity index (χ1n) is 10.5. The molecule has 0 N–H and O–H groups in total. The van der Waals surface area contributed by atoms with Crippen LogP contribution in [0.25, 0.3) is 0 Å². The summed E-state index contributed by atoms with van der Waals surface area (Å²) in [7, 11) is 0. The minimum atomic E-state index is -0.931. The summed E-state index contributed by atoms with van der Waals surface area (Å²) in [6.45, 7) is 13.3. The van der Waals surface area contributed by atoms with E-state index in [1.807, 2.05) is 13.0 Å². The van der Waals surface area contributed by atoms with E-state index in [0.717, 1.165) is 5.57 Å². The van der Waals surface area contributed by atoms with Crippen LogP contribution in [0.2, 0.25) is 0 Å². The van der Waals surface area contributed by atoms with Crippen molar-refractivity contribution in [3.63, 3.8) is 0 Å². The quantitative estimate of drug-likeness (QED) is 0.346. The first-order valence-corrected chi connectivity index (χ1v) is 10.5. The SMILES string of the molecule is C=CCOCC1=C[C@@]2(C)[C@H]([C@H]3C(C)=C[C@]2(COCC=C)C(=O)[C@]32CO2)C2(CO2)C1=O. The van der Waals surface area contributed by atoms with Gasteiger partial charge in [0.2, 0.25) is 0 Å². The van der Waals surface area contributed by atoms with Gasteiger partial charge in [-0.2, -0.15) is 0 Å². The molecule has 30 heavy (non-hydrogen) atoms. The van der Waals surface area contributed by atoms with Crippen LogP contribution in [0.5, 0.6) is 0 Å². The molecule has 6 nitrogen and oxygen atoms in total. The molecule has 1 unspecified atom stereocenters. The molecule has 2 aliphatic heterocycles. The number of rotatable bonds is 8. The molecule has 0 aromatic carbocycles. The van der Waals surface area contributed by atoms with Crippen LogP contribution >= 0.6 is 0 Å². The van der Waals surface area contributed by atoms with Gasteiger partial charge in [-0.3, -0.25) is 9.59 Å². The summed E-state index contributed by atoms with van der Waals surface area (Å²) in [6.07, 6.45) is 7.36. The predicted molar refractivity (Wildman–Crippen MR) is 109 cm³/mol. The van der Waals surface area contributed by atoms with E-state index in [2.05, 4.69) is 26.2 Å². The number of hydrogen-bond donors (Lipinski definition) is 0. The lowest BCUT2D eigenvalue weighted by molar-refractivity contribution is -0.171. The van der Waals surface area contributed by atoms with Crippen molar-refractivity contribution in [3.8, 4) is 0 Å². The Hall–Kier alpha value is -1.86. The number of ketones is 2. The van der Waals surface area contributed by atoms with E-state index in [9.17, 15) is 9.59 Å². The average molecular weight is 412 g/mol. The highest BCUT2D eigenvalue weighted by Crippen LogP contribution is 2.73. The Labute approximate surface area is 176 Å². The van der Waals surface area contributed by atoms with Gasteiger partial charge in [0.1, 0.15) is 0 Å². The molecule has 2 bridgehead atoms. The van der Waals surface area contributed by atoms with Crippen LogP contribution in [0.15, 0.2) is 48.6 Å². The Balaban J connectivity index is 1.67. The van der Waals surface area contributed by atoms with Crippen molar-refractivity contribution in [1.29, 1.82) is 0 Å². The zero-order valence-corrected chi connectivity index (χ0v) is 17.6. The second-order valence-electron chi connectivity index (χ2n) is 9.39. The third-order valence-electron chi connectivity index (χ3n) is 7.82. The molecular formula is C24H28O6. The van der Waals surface area contributed by atoms with Crippen molar-refractivity contribution in [2.24, 2.45) is 22.7 Å². The molecule has 0 aromatic rings. The normalized spacial score (nSPS) is 45.3. The molecule has 4 aliphatic carbocycles. The number of allylic oxidation sites excluding steroid dienone is 1. The third-order valence-corrected chi connectivity index (χ3v) is 7.82. The van der Waals surface area contributed by atoms with E-state index in [-0.39, 0.29) is 36.6 Å². The van der Waals surface area contributed by atoms with E-state index in [4.69, 9.17) is 18.9 Å². The van der Waals surface area contributed by atoms with Crippen LogP contribution in [-0.4, -0.2) is 62.4 Å². The first-order chi connectivity index (χ1) is 14.3. The number of ether oxygens (including phenoxy) is 4. The molecule has 6 heteroatoms. The van der Waals surface area contributed by atoms with Crippen LogP contribution in [0, 0.1) is 22.7 Å². The van der Waals surface area contributed by atoms with Gasteiger partial charge in [0.15, 0.2) is 22.8 Å². The lowest BCUT2D eigenvalue weighted by atomic mass is 9.38. The van der Waals surface area contributed by atoms with Crippen molar-refractivity contribution in [2.75, 3.05) is 39.6 Å². The maximum absolute atomic E-state index is 13.9. The molecule has 2 saturated heterocycles. The number of hydrogen-bond acceptors (Lipinski definition) is 6. The van der Waals surface area contributed by atoms with Gasteiger partial charge in [-0.05, 0) is 6.92 Å². The molecule has 6 aliphatic rings. The first kappa shape index (κ1) is 20.1. The maximum atomic E-state index is 13.9. The van der Waals surface area contributed by atoms with E-state index >= 15 is 0 Å². The molecule has 0 aromatic heterocycles. The Kier molecular flexibility index (Phi) is 4.23. The zero-order valence-electron chi connectivity index (χ0n) is 17.6. The highest BCUT2D eigenvalue weighted by molar-refractivity contribution is 6.08. The summed E-state index contributed by atoms with van der Waals surface area (Å²) in [4.78, 5) is 27.4. The van der Waals surface area contributed by atoms with Crippen molar-refractivity contribution < 1.29 is 28.5 Å². The minimum absolute atomic E-state index is 0.0280. The largest absolute Gasteiger partial charge is 0.376 e. The molecule has 160 valence electrons. The van der Waals surface area contributed by atoms with Gasteiger partial charge in [0, 0.05) is 22.8 Å². The number of carbonyl (C=O) groups is 2.